The molecule has 0 unspecified atom stereocenters. The molecule has 1 aliphatic carbocycles. The molecule has 1 fully saturated rings. The number of hydrogen-bond donors (Lipinski definition) is 2. The summed E-state index contributed by atoms with van der Waals surface area (Å²) in [5.41, 5.74) is -0.169. The van der Waals surface area contributed by atoms with Gasteiger partial charge in [0, 0.05) is 25.7 Å². The Bertz CT molecular complexity index is 1230. The molecule has 0 saturated heterocycles. The number of thioether (sulfide) groups is 1. The van der Waals surface area contributed by atoms with E-state index in [-0.39, 0.29) is 30.0 Å². The number of nitrogens with zero attached hydrogens (tertiary/aromatic N) is 1. The molecule has 3 rings (SSSR count). The maximum absolute atomic E-state index is 13.7. The van der Waals surface area contributed by atoms with Crippen LogP contribution in [0.15, 0.2) is 48.8 Å². The van der Waals surface area contributed by atoms with Crippen molar-refractivity contribution in [3.05, 3.63) is 59.9 Å². The fourth-order valence-corrected chi connectivity index (χ4v) is 5.47. The van der Waals surface area contributed by atoms with Crippen LogP contribution in [-0.4, -0.2) is 57.3 Å². The minimum absolute atomic E-state index is 0.121. The highest BCUT2D eigenvalue weighted by molar-refractivity contribution is 8.14. The summed E-state index contributed by atoms with van der Waals surface area (Å²) in [6.45, 7) is 6.92. The van der Waals surface area contributed by atoms with E-state index in [0.717, 1.165) is 24.6 Å². The van der Waals surface area contributed by atoms with Crippen LogP contribution >= 0.6 is 11.8 Å². The van der Waals surface area contributed by atoms with Gasteiger partial charge in [-0.1, -0.05) is 50.6 Å². The molecule has 220 valence electrons. The van der Waals surface area contributed by atoms with Gasteiger partial charge in [-0.3, -0.25) is 19.4 Å². The van der Waals surface area contributed by atoms with E-state index in [1.54, 1.807) is 49.5 Å². The Hall–Kier alpha value is -3.73. The SMILES string of the molecule is CCOC(=O)[C@H](Cc1ccc(OC(=O)c2cccnc2)cc1)NC(=O)C1(NC(=O)[C@H](SC(C)=O)C(C)C)CCCC1. The summed E-state index contributed by atoms with van der Waals surface area (Å²) < 4.78 is 10.6. The number of nitrogens with one attached hydrogen (secondary N) is 2. The molecule has 0 bridgehead atoms. The molecule has 2 atom stereocenters. The minimum atomic E-state index is -1.18. The fraction of sp³-hybridized carbons (Fsp3) is 0.467. The largest absolute Gasteiger partial charge is 0.464 e. The number of benzene rings is 1. The van der Waals surface area contributed by atoms with Gasteiger partial charge in [-0.2, -0.15) is 0 Å². The molecule has 41 heavy (non-hydrogen) atoms. The van der Waals surface area contributed by atoms with Gasteiger partial charge >= 0.3 is 11.9 Å². The second-order valence-electron chi connectivity index (χ2n) is 10.3. The van der Waals surface area contributed by atoms with Crippen molar-refractivity contribution in [1.82, 2.24) is 15.6 Å². The fourth-order valence-electron chi connectivity index (χ4n) is 4.68. The first-order valence-corrected chi connectivity index (χ1v) is 14.6. The predicted octanol–water partition coefficient (Wildman–Crippen LogP) is 3.62. The topological polar surface area (TPSA) is 141 Å². The summed E-state index contributed by atoms with van der Waals surface area (Å²) in [7, 11) is 0. The monoisotopic (exact) mass is 583 g/mol. The van der Waals surface area contributed by atoms with E-state index in [0.29, 0.717) is 29.7 Å². The molecule has 0 aliphatic heterocycles. The molecule has 1 aromatic heterocycles. The Labute approximate surface area is 244 Å². The molecular weight excluding hydrogens is 546 g/mol. The molecule has 1 heterocycles. The van der Waals surface area contributed by atoms with Gasteiger partial charge < -0.3 is 20.1 Å². The van der Waals surface area contributed by atoms with Crippen molar-refractivity contribution in [1.29, 1.82) is 0 Å². The maximum atomic E-state index is 13.7. The number of hydrogen-bond acceptors (Lipinski definition) is 9. The number of rotatable bonds is 12. The predicted molar refractivity (Wildman–Crippen MR) is 154 cm³/mol. The van der Waals surface area contributed by atoms with E-state index in [2.05, 4.69) is 15.6 Å². The highest BCUT2D eigenvalue weighted by atomic mass is 32.2. The van der Waals surface area contributed by atoms with Crippen molar-refractivity contribution in [2.75, 3.05) is 6.61 Å². The first-order chi connectivity index (χ1) is 19.5. The molecule has 1 saturated carbocycles. The first kappa shape index (κ1) is 31.8. The quantitative estimate of drug-likeness (QED) is 0.283. The number of aromatic nitrogens is 1. The summed E-state index contributed by atoms with van der Waals surface area (Å²) in [5.74, 6) is -1.79. The van der Waals surface area contributed by atoms with Gasteiger partial charge in [-0.25, -0.2) is 9.59 Å². The van der Waals surface area contributed by atoms with Crippen LogP contribution in [-0.2, 0) is 30.3 Å². The van der Waals surface area contributed by atoms with Crippen molar-refractivity contribution in [3.8, 4) is 5.75 Å². The van der Waals surface area contributed by atoms with Gasteiger partial charge in [0.05, 0.1) is 17.4 Å². The standard InChI is InChI=1S/C30H37N3O7S/c1-5-39-28(37)24(17-21-10-12-23(13-11-21)40-27(36)22-9-8-16-31-18-22)32-29(38)30(14-6-7-15-30)33-26(35)25(19(2)3)41-20(4)34/h8-13,16,18-19,24-25H,5-7,14-15,17H2,1-4H3,(H,32,38)(H,33,35)/t24-,25+/m0/s1. The molecule has 1 aromatic carbocycles. The number of pyridine rings is 1. The van der Waals surface area contributed by atoms with Crippen LogP contribution < -0.4 is 15.4 Å². The second kappa shape index (κ2) is 14.8. The Kier molecular flexibility index (Phi) is 11.5. The molecule has 2 aromatic rings. The van der Waals surface area contributed by atoms with Gasteiger partial charge in [0.2, 0.25) is 11.8 Å². The van der Waals surface area contributed by atoms with Gasteiger partial charge in [0.15, 0.2) is 5.12 Å². The summed E-state index contributed by atoms with van der Waals surface area (Å²) in [6, 6.07) is 8.83. The lowest BCUT2D eigenvalue weighted by Crippen LogP contribution is -2.61. The molecule has 10 nitrogen and oxygen atoms in total. The van der Waals surface area contributed by atoms with Crippen molar-refractivity contribution < 1.29 is 33.4 Å². The van der Waals surface area contributed by atoms with Crippen molar-refractivity contribution in [3.63, 3.8) is 0 Å². The van der Waals surface area contributed by atoms with Crippen molar-refractivity contribution >= 4 is 40.6 Å². The van der Waals surface area contributed by atoms with Crippen LogP contribution in [0.5, 0.6) is 5.75 Å². The molecule has 0 spiro atoms. The lowest BCUT2D eigenvalue weighted by molar-refractivity contribution is -0.148. The number of amides is 2. The lowest BCUT2D eigenvalue weighted by Gasteiger charge is -2.33. The third kappa shape index (κ3) is 8.88. The Balaban J connectivity index is 1.73. The Morgan fingerprint density at radius 2 is 1.73 bits per heavy atom. The number of carbonyl (C=O) groups excluding carboxylic acids is 5. The third-order valence-electron chi connectivity index (χ3n) is 6.76. The molecule has 2 amide bonds. The minimum Gasteiger partial charge on any atom is -0.464 e. The summed E-state index contributed by atoms with van der Waals surface area (Å²) >= 11 is 0.949. The molecule has 2 N–H and O–H groups in total. The van der Waals surface area contributed by atoms with Crippen molar-refractivity contribution in [2.24, 2.45) is 5.92 Å². The molecule has 0 radical (unpaired) electrons. The summed E-state index contributed by atoms with van der Waals surface area (Å²) in [6.07, 6.45) is 5.42. The zero-order valence-corrected chi connectivity index (χ0v) is 24.6. The average molecular weight is 584 g/mol. The summed E-state index contributed by atoms with van der Waals surface area (Å²) in [5, 5.41) is 4.94. The van der Waals surface area contributed by atoms with E-state index in [1.807, 2.05) is 13.8 Å². The van der Waals surface area contributed by atoms with Crippen LogP contribution in [0.2, 0.25) is 0 Å². The zero-order chi connectivity index (χ0) is 30.0. The van der Waals surface area contributed by atoms with Gasteiger partial charge in [-0.05, 0) is 55.5 Å². The molecular formula is C30H37N3O7S. The van der Waals surface area contributed by atoms with E-state index < -0.39 is 34.7 Å². The van der Waals surface area contributed by atoms with Crippen LogP contribution in [0.1, 0.15) is 69.3 Å². The smallest absolute Gasteiger partial charge is 0.345 e. The Morgan fingerprint density at radius 3 is 2.29 bits per heavy atom. The average Bonchev–Trinajstić information content (AvgIpc) is 3.42. The van der Waals surface area contributed by atoms with Crippen LogP contribution in [0, 0.1) is 5.92 Å². The number of esters is 2. The van der Waals surface area contributed by atoms with Crippen LogP contribution in [0.4, 0.5) is 0 Å². The van der Waals surface area contributed by atoms with E-state index in [4.69, 9.17) is 9.47 Å². The second-order valence-corrected chi connectivity index (χ2v) is 11.6. The zero-order valence-electron chi connectivity index (χ0n) is 23.8. The maximum Gasteiger partial charge on any atom is 0.345 e. The highest BCUT2D eigenvalue weighted by Crippen LogP contribution is 2.32. The highest BCUT2D eigenvalue weighted by Gasteiger charge is 2.45. The van der Waals surface area contributed by atoms with Crippen LogP contribution in [0.3, 0.4) is 0 Å². The first-order valence-electron chi connectivity index (χ1n) is 13.7. The third-order valence-corrected chi connectivity index (χ3v) is 8.10. The summed E-state index contributed by atoms with van der Waals surface area (Å²) in [4.78, 5) is 67.7. The molecule has 11 heteroatoms. The lowest BCUT2D eigenvalue weighted by atomic mass is 9.94. The van der Waals surface area contributed by atoms with Gasteiger partial charge in [0.1, 0.15) is 17.3 Å². The van der Waals surface area contributed by atoms with Crippen LogP contribution in [0.25, 0.3) is 0 Å². The van der Waals surface area contributed by atoms with E-state index in [9.17, 15) is 24.0 Å². The van der Waals surface area contributed by atoms with Crippen molar-refractivity contribution in [2.45, 2.75) is 76.6 Å². The molecule has 1 aliphatic rings. The van der Waals surface area contributed by atoms with Gasteiger partial charge in [0.25, 0.3) is 0 Å². The number of ether oxygens (including phenoxy) is 2. The normalized spacial score (nSPS) is 15.4. The Morgan fingerprint density at radius 1 is 1.05 bits per heavy atom. The van der Waals surface area contributed by atoms with E-state index in [1.165, 1.54) is 13.1 Å². The number of carbonyl (C=O) groups is 5. The van der Waals surface area contributed by atoms with Gasteiger partial charge in [-0.15, -0.1) is 0 Å². The van der Waals surface area contributed by atoms with E-state index >= 15 is 0 Å².